The molecule has 1 atom stereocenters. The summed E-state index contributed by atoms with van der Waals surface area (Å²) >= 11 is 0. The van der Waals surface area contributed by atoms with Crippen LogP contribution in [0.4, 0.5) is 4.79 Å². The van der Waals surface area contributed by atoms with Gasteiger partial charge in [0.05, 0.1) is 6.04 Å². The van der Waals surface area contributed by atoms with Crippen molar-refractivity contribution in [1.82, 2.24) is 20.4 Å². The summed E-state index contributed by atoms with van der Waals surface area (Å²) in [6, 6.07) is 7.95. The Morgan fingerprint density at radius 2 is 1.71 bits per heavy atom. The number of piperazine rings is 1. The summed E-state index contributed by atoms with van der Waals surface area (Å²) in [5.74, 6) is 0.0297. The Morgan fingerprint density at radius 1 is 1.08 bits per heavy atom. The minimum Gasteiger partial charge on any atom is -0.351 e. The summed E-state index contributed by atoms with van der Waals surface area (Å²) in [6.07, 6.45) is 0. The van der Waals surface area contributed by atoms with Gasteiger partial charge < -0.3 is 15.5 Å². The Balaban J connectivity index is 1.77. The van der Waals surface area contributed by atoms with Crippen LogP contribution < -0.4 is 10.6 Å². The highest BCUT2D eigenvalue weighted by Crippen LogP contribution is 2.08. The van der Waals surface area contributed by atoms with Crippen LogP contribution in [0.5, 0.6) is 0 Å². The molecule has 0 radical (unpaired) electrons. The lowest BCUT2D eigenvalue weighted by molar-refractivity contribution is -0.126. The molecular weight excluding hydrogens is 304 g/mol. The molecule has 6 heteroatoms. The van der Waals surface area contributed by atoms with Gasteiger partial charge >= 0.3 is 6.03 Å². The van der Waals surface area contributed by atoms with Crippen LogP contribution in [-0.2, 0) is 11.3 Å². The van der Waals surface area contributed by atoms with Crippen LogP contribution >= 0.6 is 0 Å². The first-order chi connectivity index (χ1) is 11.5. The van der Waals surface area contributed by atoms with E-state index in [1.54, 1.807) is 4.90 Å². The zero-order valence-electron chi connectivity index (χ0n) is 14.8. The number of hydrogen-bond donors (Lipinski definition) is 2. The van der Waals surface area contributed by atoms with Gasteiger partial charge in [0, 0.05) is 39.3 Å². The average Bonchev–Trinajstić information content (AvgIpc) is 2.60. The summed E-state index contributed by atoms with van der Waals surface area (Å²) in [6.45, 7) is 9.81. The summed E-state index contributed by atoms with van der Waals surface area (Å²) in [5, 5.41) is 5.81. The molecule has 1 aliphatic heterocycles. The van der Waals surface area contributed by atoms with E-state index >= 15 is 0 Å². The van der Waals surface area contributed by atoms with E-state index in [0.717, 1.165) is 18.7 Å². The minimum absolute atomic E-state index is 0.0198. The largest absolute Gasteiger partial charge is 0.351 e. The molecule has 1 aromatic rings. The highest BCUT2D eigenvalue weighted by atomic mass is 16.2. The third-order valence-electron chi connectivity index (χ3n) is 4.44. The molecule has 2 N–H and O–H groups in total. The summed E-state index contributed by atoms with van der Waals surface area (Å²) in [4.78, 5) is 28.1. The van der Waals surface area contributed by atoms with Crippen LogP contribution in [0.3, 0.4) is 0 Å². The van der Waals surface area contributed by atoms with E-state index in [9.17, 15) is 9.59 Å². The Kier molecular flexibility index (Phi) is 6.61. The van der Waals surface area contributed by atoms with Gasteiger partial charge in [-0.2, -0.15) is 0 Å². The number of hydrogen-bond acceptors (Lipinski definition) is 3. The fourth-order valence-electron chi connectivity index (χ4n) is 2.78. The van der Waals surface area contributed by atoms with Crippen molar-refractivity contribution in [3.05, 3.63) is 35.4 Å². The van der Waals surface area contributed by atoms with E-state index in [0.29, 0.717) is 26.2 Å². The normalized spacial score (nSPS) is 16.5. The van der Waals surface area contributed by atoms with E-state index in [2.05, 4.69) is 15.5 Å². The van der Waals surface area contributed by atoms with E-state index in [1.807, 2.05) is 45.0 Å². The molecule has 6 nitrogen and oxygen atoms in total. The molecule has 1 aromatic carbocycles. The standard InChI is InChI=1S/C18H28N4O2/c1-4-19-18(24)22-11-9-21(10-12-22)15(3)17(23)20-13-16-7-5-14(2)6-8-16/h5-8,15H,4,9-13H2,1-3H3,(H,19,24)(H,20,23). The van der Waals surface area contributed by atoms with Crippen molar-refractivity contribution in [2.24, 2.45) is 0 Å². The molecule has 1 fully saturated rings. The Bertz CT molecular complexity index is 551. The quantitative estimate of drug-likeness (QED) is 0.855. The Labute approximate surface area is 144 Å². The van der Waals surface area contributed by atoms with Gasteiger partial charge in [0.2, 0.25) is 5.91 Å². The van der Waals surface area contributed by atoms with E-state index in [1.165, 1.54) is 5.56 Å². The maximum atomic E-state index is 12.4. The van der Waals surface area contributed by atoms with Gasteiger partial charge in [0.1, 0.15) is 0 Å². The first-order valence-corrected chi connectivity index (χ1v) is 8.61. The second-order valence-corrected chi connectivity index (χ2v) is 6.24. The molecule has 0 aliphatic carbocycles. The van der Waals surface area contributed by atoms with Gasteiger partial charge in [-0.15, -0.1) is 0 Å². The zero-order valence-corrected chi connectivity index (χ0v) is 14.8. The summed E-state index contributed by atoms with van der Waals surface area (Å²) in [5.41, 5.74) is 2.31. The number of carbonyl (C=O) groups excluding carboxylic acids is 2. The van der Waals surface area contributed by atoms with Gasteiger partial charge in [-0.1, -0.05) is 29.8 Å². The van der Waals surface area contributed by atoms with Crippen LogP contribution in [0.2, 0.25) is 0 Å². The second-order valence-electron chi connectivity index (χ2n) is 6.24. The summed E-state index contributed by atoms with van der Waals surface area (Å²) in [7, 11) is 0. The molecule has 0 aromatic heterocycles. The second kappa shape index (κ2) is 8.68. The minimum atomic E-state index is -0.188. The number of nitrogens with one attached hydrogen (secondary N) is 2. The lowest BCUT2D eigenvalue weighted by Gasteiger charge is -2.37. The molecule has 2 rings (SSSR count). The smallest absolute Gasteiger partial charge is 0.317 e. The van der Waals surface area contributed by atoms with E-state index in [-0.39, 0.29) is 18.0 Å². The van der Waals surface area contributed by atoms with Crippen LogP contribution in [0.25, 0.3) is 0 Å². The van der Waals surface area contributed by atoms with Gasteiger partial charge in [-0.05, 0) is 26.3 Å². The summed E-state index contributed by atoms with van der Waals surface area (Å²) < 4.78 is 0. The Morgan fingerprint density at radius 3 is 2.29 bits per heavy atom. The molecule has 1 heterocycles. The third kappa shape index (κ3) is 4.96. The molecule has 1 aliphatic rings. The van der Waals surface area contributed by atoms with Crippen molar-refractivity contribution < 1.29 is 9.59 Å². The number of rotatable bonds is 5. The van der Waals surface area contributed by atoms with Gasteiger partial charge in [0.15, 0.2) is 0 Å². The predicted molar refractivity (Wildman–Crippen MR) is 94.7 cm³/mol. The molecule has 0 spiro atoms. The predicted octanol–water partition coefficient (Wildman–Crippen LogP) is 1.35. The van der Waals surface area contributed by atoms with Crippen molar-refractivity contribution in [2.45, 2.75) is 33.4 Å². The number of benzene rings is 1. The Hall–Kier alpha value is -2.08. The SMILES string of the molecule is CCNC(=O)N1CCN(C(C)C(=O)NCc2ccc(C)cc2)CC1. The topological polar surface area (TPSA) is 64.7 Å². The molecule has 3 amide bonds. The fourth-order valence-corrected chi connectivity index (χ4v) is 2.78. The molecule has 1 saturated heterocycles. The monoisotopic (exact) mass is 332 g/mol. The number of carbonyl (C=O) groups is 2. The molecular formula is C18H28N4O2. The average molecular weight is 332 g/mol. The van der Waals surface area contributed by atoms with Crippen LogP contribution in [0, 0.1) is 6.92 Å². The molecule has 0 bridgehead atoms. The van der Waals surface area contributed by atoms with Gasteiger partial charge in [-0.25, -0.2) is 4.79 Å². The van der Waals surface area contributed by atoms with Crippen LogP contribution in [-0.4, -0.2) is 60.5 Å². The lowest BCUT2D eigenvalue weighted by Crippen LogP contribution is -2.56. The van der Waals surface area contributed by atoms with E-state index in [4.69, 9.17) is 0 Å². The molecule has 24 heavy (non-hydrogen) atoms. The molecule has 0 saturated carbocycles. The van der Waals surface area contributed by atoms with Gasteiger partial charge in [0.25, 0.3) is 0 Å². The van der Waals surface area contributed by atoms with Crippen molar-refractivity contribution in [2.75, 3.05) is 32.7 Å². The highest BCUT2D eigenvalue weighted by molar-refractivity contribution is 5.81. The number of urea groups is 1. The van der Waals surface area contributed by atoms with Crippen molar-refractivity contribution in [3.63, 3.8) is 0 Å². The molecule has 132 valence electrons. The first kappa shape index (κ1) is 18.3. The number of nitrogens with zero attached hydrogens (tertiary/aromatic N) is 2. The number of aryl methyl sites for hydroxylation is 1. The first-order valence-electron chi connectivity index (χ1n) is 8.61. The van der Waals surface area contributed by atoms with Crippen molar-refractivity contribution in [1.29, 1.82) is 0 Å². The van der Waals surface area contributed by atoms with Crippen molar-refractivity contribution >= 4 is 11.9 Å². The maximum absolute atomic E-state index is 12.4. The zero-order chi connectivity index (χ0) is 17.5. The highest BCUT2D eigenvalue weighted by Gasteiger charge is 2.27. The van der Waals surface area contributed by atoms with E-state index < -0.39 is 0 Å². The molecule has 1 unspecified atom stereocenters. The fraction of sp³-hybridized carbons (Fsp3) is 0.556. The third-order valence-corrected chi connectivity index (χ3v) is 4.44. The lowest BCUT2D eigenvalue weighted by atomic mass is 10.1. The van der Waals surface area contributed by atoms with Crippen molar-refractivity contribution in [3.8, 4) is 0 Å². The van der Waals surface area contributed by atoms with Crippen LogP contribution in [0.15, 0.2) is 24.3 Å². The maximum Gasteiger partial charge on any atom is 0.317 e. The van der Waals surface area contributed by atoms with Gasteiger partial charge in [-0.3, -0.25) is 9.69 Å². The van der Waals surface area contributed by atoms with Crippen LogP contribution in [0.1, 0.15) is 25.0 Å². The number of amides is 3.